The standard InChI is InChI=1S/C25H29N5O/c1-7-9-14-28-16(3)17-10-12-18(13-11-17)21-19(15-26)23(27)31-24-22(21)20(8-2)29-30(24)25(4,5)6/h7,9-14,21H,1,8,27H2,2-6H3/b14-9-,28-16?. The second-order valence-corrected chi connectivity index (χ2v) is 8.44. The number of allylic oxidation sites excluding steroid dienone is 3. The first kappa shape index (κ1) is 22.1. The number of hydrogen-bond acceptors (Lipinski definition) is 5. The molecule has 2 heterocycles. The van der Waals surface area contributed by atoms with Gasteiger partial charge in [0, 0.05) is 11.9 Å². The van der Waals surface area contributed by atoms with Crippen LogP contribution in [0, 0.1) is 11.3 Å². The monoisotopic (exact) mass is 415 g/mol. The zero-order chi connectivity index (χ0) is 22.8. The summed E-state index contributed by atoms with van der Waals surface area (Å²) in [5.41, 5.74) is 11.0. The van der Waals surface area contributed by atoms with Crippen molar-refractivity contribution in [3.05, 3.63) is 83.0 Å². The van der Waals surface area contributed by atoms with Gasteiger partial charge in [0.05, 0.1) is 22.7 Å². The number of nitriles is 1. The van der Waals surface area contributed by atoms with Crippen molar-refractivity contribution in [1.82, 2.24) is 9.78 Å². The smallest absolute Gasteiger partial charge is 0.224 e. The summed E-state index contributed by atoms with van der Waals surface area (Å²) in [6.07, 6.45) is 5.91. The van der Waals surface area contributed by atoms with Crippen molar-refractivity contribution < 1.29 is 4.74 Å². The van der Waals surface area contributed by atoms with E-state index in [1.807, 2.05) is 35.9 Å². The molecule has 1 aromatic heterocycles. The quantitative estimate of drug-likeness (QED) is 0.554. The molecular weight excluding hydrogens is 386 g/mol. The SMILES string of the molecule is C=C/C=C\N=C(C)c1ccc(C2C(C#N)=C(N)Oc3c2c(CC)nn3C(C)(C)C)cc1. The highest BCUT2D eigenvalue weighted by atomic mass is 16.5. The molecule has 0 saturated carbocycles. The zero-order valence-corrected chi connectivity index (χ0v) is 18.8. The van der Waals surface area contributed by atoms with Crippen molar-refractivity contribution in [3.8, 4) is 11.9 Å². The van der Waals surface area contributed by atoms with E-state index in [2.05, 4.69) is 45.3 Å². The highest BCUT2D eigenvalue weighted by molar-refractivity contribution is 5.99. The van der Waals surface area contributed by atoms with E-state index in [-0.39, 0.29) is 17.3 Å². The predicted molar refractivity (Wildman–Crippen MR) is 124 cm³/mol. The number of aryl methyl sites for hydroxylation is 1. The molecule has 0 spiro atoms. The van der Waals surface area contributed by atoms with E-state index < -0.39 is 0 Å². The summed E-state index contributed by atoms with van der Waals surface area (Å²) in [6.45, 7) is 13.9. The first-order valence-corrected chi connectivity index (χ1v) is 10.3. The Morgan fingerprint density at radius 2 is 2.03 bits per heavy atom. The van der Waals surface area contributed by atoms with Gasteiger partial charge in [-0.3, -0.25) is 4.99 Å². The zero-order valence-electron chi connectivity index (χ0n) is 18.8. The predicted octanol–water partition coefficient (Wildman–Crippen LogP) is 4.93. The molecule has 6 nitrogen and oxygen atoms in total. The van der Waals surface area contributed by atoms with E-state index in [4.69, 9.17) is 15.6 Å². The number of hydrogen-bond donors (Lipinski definition) is 1. The summed E-state index contributed by atoms with van der Waals surface area (Å²) < 4.78 is 7.81. The van der Waals surface area contributed by atoms with Crippen LogP contribution in [0.25, 0.3) is 0 Å². The summed E-state index contributed by atoms with van der Waals surface area (Å²) in [5.74, 6) is 0.415. The van der Waals surface area contributed by atoms with Crippen LogP contribution >= 0.6 is 0 Å². The van der Waals surface area contributed by atoms with Crippen LogP contribution in [0.5, 0.6) is 5.88 Å². The third-order valence-electron chi connectivity index (χ3n) is 5.25. The summed E-state index contributed by atoms with van der Waals surface area (Å²) >= 11 is 0. The summed E-state index contributed by atoms with van der Waals surface area (Å²) in [6, 6.07) is 10.3. The second kappa shape index (κ2) is 8.65. The highest BCUT2D eigenvalue weighted by Crippen LogP contribution is 2.45. The van der Waals surface area contributed by atoms with Crippen molar-refractivity contribution >= 4 is 5.71 Å². The molecule has 0 bridgehead atoms. The number of aromatic nitrogens is 2. The topological polar surface area (TPSA) is 89.2 Å². The fourth-order valence-electron chi connectivity index (χ4n) is 3.67. The first-order chi connectivity index (χ1) is 14.7. The van der Waals surface area contributed by atoms with Crippen molar-refractivity contribution in [1.29, 1.82) is 5.26 Å². The van der Waals surface area contributed by atoms with Crippen molar-refractivity contribution in [3.63, 3.8) is 0 Å². The van der Waals surface area contributed by atoms with Crippen LogP contribution in [0.3, 0.4) is 0 Å². The lowest BCUT2D eigenvalue weighted by molar-refractivity contribution is 0.277. The number of benzene rings is 1. The van der Waals surface area contributed by atoms with E-state index in [1.165, 1.54) is 0 Å². The van der Waals surface area contributed by atoms with Crippen LogP contribution in [0.2, 0.25) is 0 Å². The van der Waals surface area contributed by atoms with Crippen LogP contribution < -0.4 is 10.5 Å². The molecule has 0 saturated heterocycles. The Morgan fingerprint density at radius 3 is 2.58 bits per heavy atom. The Hall–Kier alpha value is -3.59. The largest absolute Gasteiger partial charge is 0.422 e. The fourth-order valence-corrected chi connectivity index (χ4v) is 3.67. The van der Waals surface area contributed by atoms with E-state index in [0.717, 1.165) is 34.5 Å². The van der Waals surface area contributed by atoms with Gasteiger partial charge in [0.1, 0.15) is 11.6 Å². The van der Waals surface area contributed by atoms with Gasteiger partial charge in [-0.25, -0.2) is 4.68 Å². The number of ether oxygens (including phenoxy) is 1. The molecule has 3 rings (SSSR count). The van der Waals surface area contributed by atoms with Crippen LogP contribution in [0.4, 0.5) is 0 Å². The van der Waals surface area contributed by atoms with Crippen LogP contribution in [-0.4, -0.2) is 15.5 Å². The Labute approximate surface area is 184 Å². The van der Waals surface area contributed by atoms with Gasteiger partial charge in [-0.1, -0.05) is 43.8 Å². The summed E-state index contributed by atoms with van der Waals surface area (Å²) in [7, 11) is 0. The maximum absolute atomic E-state index is 9.88. The Balaban J connectivity index is 2.14. The van der Waals surface area contributed by atoms with Gasteiger partial charge in [0.25, 0.3) is 0 Å². The molecule has 0 radical (unpaired) electrons. The van der Waals surface area contributed by atoms with Crippen molar-refractivity contribution in [2.45, 2.75) is 52.5 Å². The minimum absolute atomic E-state index is 0.129. The molecule has 1 atom stereocenters. The van der Waals surface area contributed by atoms with Gasteiger partial charge in [-0.15, -0.1) is 0 Å². The van der Waals surface area contributed by atoms with Gasteiger partial charge in [0.15, 0.2) is 0 Å². The van der Waals surface area contributed by atoms with Gasteiger partial charge >= 0.3 is 0 Å². The molecule has 6 heteroatoms. The number of aliphatic imine (C=N–C) groups is 1. The van der Waals surface area contributed by atoms with E-state index in [1.54, 1.807) is 18.4 Å². The third-order valence-corrected chi connectivity index (χ3v) is 5.25. The Morgan fingerprint density at radius 1 is 1.35 bits per heavy atom. The third kappa shape index (κ3) is 4.17. The maximum atomic E-state index is 9.88. The Kier molecular flexibility index (Phi) is 6.16. The van der Waals surface area contributed by atoms with Gasteiger partial charge in [0.2, 0.25) is 11.8 Å². The molecule has 160 valence electrons. The lowest BCUT2D eigenvalue weighted by Crippen LogP contribution is -2.27. The van der Waals surface area contributed by atoms with Gasteiger partial charge in [-0.2, -0.15) is 10.4 Å². The molecule has 1 aliphatic rings. The lowest BCUT2D eigenvalue weighted by Gasteiger charge is -2.28. The molecule has 1 unspecified atom stereocenters. The molecule has 2 N–H and O–H groups in total. The average molecular weight is 416 g/mol. The molecule has 0 amide bonds. The summed E-state index contributed by atoms with van der Waals surface area (Å²) in [4.78, 5) is 4.41. The van der Waals surface area contributed by atoms with Crippen LogP contribution in [0.15, 0.2) is 65.6 Å². The second-order valence-electron chi connectivity index (χ2n) is 8.44. The molecule has 31 heavy (non-hydrogen) atoms. The minimum Gasteiger partial charge on any atom is -0.422 e. The van der Waals surface area contributed by atoms with Crippen molar-refractivity contribution in [2.24, 2.45) is 10.7 Å². The van der Waals surface area contributed by atoms with Gasteiger partial charge in [-0.05, 0) is 51.3 Å². The Bertz CT molecular complexity index is 1120. The van der Waals surface area contributed by atoms with Crippen molar-refractivity contribution in [2.75, 3.05) is 0 Å². The number of fused-ring (bicyclic) bond motifs is 1. The molecule has 0 fully saturated rings. The number of nitrogens with zero attached hydrogens (tertiary/aromatic N) is 4. The molecule has 1 aliphatic heterocycles. The molecule has 2 aromatic rings. The maximum Gasteiger partial charge on any atom is 0.224 e. The number of nitrogens with two attached hydrogens (primary N) is 1. The van der Waals surface area contributed by atoms with E-state index in [0.29, 0.717) is 11.5 Å². The normalized spacial score (nSPS) is 16.8. The van der Waals surface area contributed by atoms with E-state index in [9.17, 15) is 5.26 Å². The summed E-state index contributed by atoms with van der Waals surface area (Å²) in [5, 5.41) is 14.7. The molecule has 0 aliphatic carbocycles. The minimum atomic E-state index is -0.327. The first-order valence-electron chi connectivity index (χ1n) is 10.3. The lowest BCUT2D eigenvalue weighted by atomic mass is 9.83. The van der Waals surface area contributed by atoms with Crippen LogP contribution in [0.1, 0.15) is 62.9 Å². The molecular formula is C25H29N5O. The van der Waals surface area contributed by atoms with E-state index >= 15 is 0 Å². The van der Waals surface area contributed by atoms with Crippen LogP contribution in [-0.2, 0) is 12.0 Å². The number of rotatable bonds is 5. The fraction of sp³-hybridized carbons (Fsp3) is 0.320. The molecule has 1 aromatic carbocycles. The average Bonchev–Trinajstić information content (AvgIpc) is 3.11. The highest BCUT2D eigenvalue weighted by Gasteiger charge is 2.38. The van der Waals surface area contributed by atoms with Gasteiger partial charge < -0.3 is 10.5 Å².